The van der Waals surface area contributed by atoms with Crippen LogP contribution in [0.1, 0.15) is 31.7 Å². The third-order valence-electron chi connectivity index (χ3n) is 7.81. The summed E-state index contributed by atoms with van der Waals surface area (Å²) < 4.78 is 95.4. The largest absolute Gasteiger partial charge is 0.421 e. The van der Waals surface area contributed by atoms with Crippen LogP contribution in [0.5, 0.6) is 0 Å². The van der Waals surface area contributed by atoms with Crippen LogP contribution < -0.4 is 4.90 Å². The molecular weight excluding hydrogens is 587 g/mol. The van der Waals surface area contributed by atoms with Crippen LogP contribution in [0.15, 0.2) is 58.3 Å². The van der Waals surface area contributed by atoms with E-state index in [9.17, 15) is 35.1 Å². The molecule has 2 aliphatic rings. The van der Waals surface area contributed by atoms with Crippen LogP contribution in [0.4, 0.5) is 18.9 Å². The van der Waals surface area contributed by atoms with Gasteiger partial charge in [0.05, 0.1) is 17.2 Å². The maximum Gasteiger partial charge on any atom is 0.421 e. The van der Waals surface area contributed by atoms with Crippen molar-refractivity contribution in [2.45, 2.75) is 53.8 Å². The zero-order valence-electron chi connectivity index (χ0n) is 22.2. The van der Waals surface area contributed by atoms with E-state index in [2.05, 4.69) is 12.6 Å². The lowest BCUT2D eigenvalue weighted by atomic mass is 9.85. The van der Waals surface area contributed by atoms with Crippen molar-refractivity contribution in [1.82, 2.24) is 8.61 Å². The van der Waals surface area contributed by atoms with Gasteiger partial charge in [-0.1, -0.05) is 30.7 Å². The Morgan fingerprint density at radius 1 is 1.00 bits per heavy atom. The molecule has 0 amide bonds. The van der Waals surface area contributed by atoms with Gasteiger partial charge in [0.15, 0.2) is 5.60 Å². The van der Waals surface area contributed by atoms with Crippen LogP contribution in [0, 0.1) is 5.92 Å². The average molecular weight is 622 g/mol. The first-order valence-corrected chi connectivity index (χ1v) is 16.6. The quantitative estimate of drug-likeness (QED) is 0.415. The molecular formula is C26H34F3N3O5S3. The standard InChI is InChI=1S/C26H34F3N3O5S3/c1-25(33,26(27,28)29)20-10-12-21(13-11-20)32-15-14-30(40(36,37)24-9-4-3-8-23(24)38)17-22(32)18-31(39(2,34)35)16-19-6-5-7-19/h3-4,8-13,19,22,33,38H,5-7,14-18H2,1-2H3/t22-,25?/m1/s1. The molecule has 14 heteroatoms. The Kier molecular flexibility index (Phi) is 8.90. The molecule has 4 rings (SSSR count). The first-order chi connectivity index (χ1) is 18.5. The molecule has 0 bridgehead atoms. The van der Waals surface area contributed by atoms with E-state index in [-0.39, 0.29) is 47.5 Å². The second kappa shape index (κ2) is 11.4. The van der Waals surface area contributed by atoms with Gasteiger partial charge in [0.25, 0.3) is 0 Å². The van der Waals surface area contributed by atoms with Crippen LogP contribution in [0.2, 0.25) is 0 Å². The van der Waals surface area contributed by atoms with Crippen molar-refractivity contribution in [2.75, 3.05) is 43.9 Å². The fraction of sp³-hybridized carbons (Fsp3) is 0.538. The van der Waals surface area contributed by atoms with Gasteiger partial charge >= 0.3 is 6.18 Å². The van der Waals surface area contributed by atoms with E-state index in [4.69, 9.17) is 0 Å². The van der Waals surface area contributed by atoms with Crippen molar-refractivity contribution in [1.29, 1.82) is 0 Å². The highest BCUT2D eigenvalue weighted by atomic mass is 32.2. The van der Waals surface area contributed by atoms with Gasteiger partial charge in [-0.2, -0.15) is 21.8 Å². The topological polar surface area (TPSA) is 98.2 Å². The maximum atomic E-state index is 13.6. The first-order valence-electron chi connectivity index (χ1n) is 12.9. The predicted molar refractivity (Wildman–Crippen MR) is 149 cm³/mol. The summed E-state index contributed by atoms with van der Waals surface area (Å²) in [6.07, 6.45) is -0.891. The number of thiol groups is 1. The molecule has 222 valence electrons. The second-order valence-corrected chi connectivity index (χ2v) is 15.0. The number of sulfonamides is 2. The summed E-state index contributed by atoms with van der Waals surface area (Å²) in [7, 11) is -7.58. The Bertz CT molecular complexity index is 1410. The van der Waals surface area contributed by atoms with Gasteiger partial charge in [-0.15, -0.1) is 12.6 Å². The van der Waals surface area contributed by atoms with E-state index in [1.807, 2.05) is 4.90 Å². The number of benzene rings is 2. The summed E-state index contributed by atoms with van der Waals surface area (Å²) in [5.74, 6) is 0.228. The molecule has 8 nitrogen and oxygen atoms in total. The lowest BCUT2D eigenvalue weighted by Crippen LogP contribution is -2.59. The van der Waals surface area contributed by atoms with Crippen molar-refractivity contribution in [3.05, 3.63) is 54.1 Å². The van der Waals surface area contributed by atoms with E-state index in [0.717, 1.165) is 25.5 Å². The molecule has 40 heavy (non-hydrogen) atoms. The number of anilines is 1. The van der Waals surface area contributed by atoms with Gasteiger partial charge in [0, 0.05) is 43.3 Å². The smallest absolute Gasteiger partial charge is 0.376 e. The summed E-state index contributed by atoms with van der Waals surface area (Å²) in [4.78, 5) is 2.15. The van der Waals surface area contributed by atoms with Crippen LogP contribution in [0.25, 0.3) is 0 Å². The van der Waals surface area contributed by atoms with Crippen molar-refractivity contribution in [3.8, 4) is 0 Å². The van der Waals surface area contributed by atoms with Gasteiger partial charge in [-0.3, -0.25) is 0 Å². The van der Waals surface area contributed by atoms with Gasteiger partial charge in [-0.05, 0) is 55.5 Å². The van der Waals surface area contributed by atoms with Crippen LogP contribution in [-0.2, 0) is 25.6 Å². The Morgan fingerprint density at radius 2 is 1.62 bits per heavy atom. The highest BCUT2D eigenvalue weighted by Crippen LogP contribution is 2.39. The molecule has 1 aliphatic heterocycles. The first kappa shape index (κ1) is 31.1. The fourth-order valence-electron chi connectivity index (χ4n) is 5.04. The van der Waals surface area contributed by atoms with Crippen molar-refractivity contribution < 1.29 is 35.1 Å². The number of hydrogen-bond donors (Lipinski definition) is 2. The molecule has 1 aliphatic carbocycles. The van der Waals surface area contributed by atoms with E-state index in [1.165, 1.54) is 38.9 Å². The van der Waals surface area contributed by atoms with Crippen LogP contribution >= 0.6 is 12.6 Å². The minimum atomic E-state index is -4.88. The summed E-state index contributed by atoms with van der Waals surface area (Å²) >= 11 is 4.31. The van der Waals surface area contributed by atoms with Crippen molar-refractivity contribution in [2.24, 2.45) is 5.92 Å². The average Bonchev–Trinajstić information content (AvgIpc) is 2.84. The number of hydrogen-bond acceptors (Lipinski definition) is 7. The molecule has 0 spiro atoms. The minimum absolute atomic E-state index is 0.00585. The normalized spacial score (nSPS) is 21.3. The Labute approximate surface area is 239 Å². The van der Waals surface area contributed by atoms with Gasteiger partial charge in [-0.25, -0.2) is 16.8 Å². The zero-order valence-corrected chi connectivity index (χ0v) is 24.8. The molecule has 1 unspecified atom stereocenters. The highest BCUT2D eigenvalue weighted by molar-refractivity contribution is 7.90. The molecule has 2 aromatic rings. The summed E-state index contributed by atoms with van der Waals surface area (Å²) in [5, 5.41) is 10.1. The van der Waals surface area contributed by atoms with E-state index >= 15 is 0 Å². The van der Waals surface area contributed by atoms with E-state index in [0.29, 0.717) is 19.2 Å². The van der Waals surface area contributed by atoms with Gasteiger partial charge in [0.2, 0.25) is 20.0 Å². The monoisotopic (exact) mass is 621 g/mol. The SMILES string of the molecule is CC(O)(c1ccc(N2CCN(S(=O)(=O)c3ccccc3S)C[C@@H]2CN(CC2CCC2)S(C)(=O)=O)cc1)C(F)(F)F. The van der Waals surface area contributed by atoms with E-state index in [1.54, 1.807) is 18.2 Å². The second-order valence-electron chi connectivity index (χ2n) is 10.7. The molecule has 2 atom stereocenters. The third kappa shape index (κ3) is 6.46. The number of halogens is 3. The summed E-state index contributed by atoms with van der Waals surface area (Å²) in [6.45, 7) is 1.22. The number of piperazine rings is 1. The molecule has 0 radical (unpaired) electrons. The minimum Gasteiger partial charge on any atom is -0.376 e. The van der Waals surface area contributed by atoms with Gasteiger partial charge in [0.1, 0.15) is 0 Å². The summed E-state index contributed by atoms with van der Waals surface area (Å²) in [5.41, 5.74) is -2.89. The molecule has 1 N–H and O–H groups in total. The lowest BCUT2D eigenvalue weighted by Gasteiger charge is -2.44. The van der Waals surface area contributed by atoms with Crippen molar-refractivity contribution in [3.63, 3.8) is 0 Å². The van der Waals surface area contributed by atoms with Crippen LogP contribution in [0.3, 0.4) is 0 Å². The third-order valence-corrected chi connectivity index (χ3v) is 11.5. The zero-order chi connectivity index (χ0) is 29.5. The number of rotatable bonds is 9. The van der Waals surface area contributed by atoms with Gasteiger partial charge < -0.3 is 10.0 Å². The maximum absolute atomic E-state index is 13.6. The lowest BCUT2D eigenvalue weighted by molar-refractivity contribution is -0.258. The predicted octanol–water partition coefficient (Wildman–Crippen LogP) is 3.69. The summed E-state index contributed by atoms with van der Waals surface area (Å²) in [6, 6.07) is 10.9. The Balaban J connectivity index is 1.67. The molecule has 2 aromatic carbocycles. The molecule has 1 saturated heterocycles. The Morgan fingerprint density at radius 3 is 2.15 bits per heavy atom. The number of alkyl halides is 3. The molecule has 0 aromatic heterocycles. The number of aliphatic hydroxyl groups is 1. The molecule has 1 heterocycles. The molecule has 2 fully saturated rings. The van der Waals surface area contributed by atoms with Crippen molar-refractivity contribution >= 4 is 38.4 Å². The van der Waals surface area contributed by atoms with E-state index < -0.39 is 37.9 Å². The van der Waals surface area contributed by atoms with Crippen LogP contribution in [-0.4, -0.2) is 81.8 Å². The highest BCUT2D eigenvalue weighted by Gasteiger charge is 2.51. The molecule has 1 saturated carbocycles. The number of nitrogens with zero attached hydrogens (tertiary/aromatic N) is 3. The Hall–Kier alpha value is -1.84. The fourth-order valence-corrected chi connectivity index (χ4v) is 8.02.